The van der Waals surface area contributed by atoms with E-state index in [2.05, 4.69) is 45.0 Å². The summed E-state index contributed by atoms with van der Waals surface area (Å²) in [7, 11) is -2.26. The molecule has 6 rings (SSSR count). The van der Waals surface area contributed by atoms with Crippen LogP contribution in [0.5, 0.6) is 0 Å². The molecule has 0 saturated heterocycles. The van der Waals surface area contributed by atoms with Crippen molar-refractivity contribution in [1.82, 2.24) is 39.0 Å². The molecule has 47 heavy (non-hydrogen) atoms. The SMILES string of the molecule is CS(=O)(=O)Cl.CS(=O)(=O)N=c1ncn(Cc2c(Cl)cccc2Cl)c2nc[nH]c12.N=c1ncn(Cc2c(Cl)cccc2Cl)c2nc[nH]c12. The maximum atomic E-state index is 11.3. The van der Waals surface area contributed by atoms with Crippen molar-refractivity contribution in [2.24, 2.45) is 4.40 Å². The predicted molar refractivity (Wildman–Crippen MR) is 182 cm³/mol. The van der Waals surface area contributed by atoms with Crippen LogP contribution in [0, 0.1) is 5.41 Å². The molecule has 0 bridgehead atoms. The topological polar surface area (TPSA) is 197 Å². The molecule has 0 amide bonds. The van der Waals surface area contributed by atoms with E-state index in [0.717, 1.165) is 23.6 Å². The molecule has 0 saturated carbocycles. The van der Waals surface area contributed by atoms with E-state index >= 15 is 0 Å². The van der Waals surface area contributed by atoms with Crippen LogP contribution < -0.4 is 11.0 Å². The second-order valence-corrected chi connectivity index (χ2v) is 15.8. The molecule has 0 aliphatic rings. The standard InChI is InChI=1S/C13H11Cl2N5O2S.C12H9Cl2N5.CH3ClO2S/c1-23(21,22)19-12-11-13(17-6-16-11)20(7-18-12)5-8-9(14)3-2-4-10(8)15;13-8-2-1-3-9(14)7(8)4-19-6-18-11(15)10-12(19)17-5-16-10;1-5(2,3)4/h2-4,6-7H,5H2,1H3,(H,16,17);1-3,5-6,15H,4H2,(H,16,17);1H3. The number of imidazole rings is 2. The number of hydrogen-bond donors (Lipinski definition) is 3. The van der Waals surface area contributed by atoms with Gasteiger partial charge in [-0.1, -0.05) is 58.5 Å². The number of nitrogens with one attached hydrogen (secondary N) is 3. The van der Waals surface area contributed by atoms with Crippen molar-refractivity contribution in [3.05, 3.63) is 104 Å². The summed E-state index contributed by atoms with van der Waals surface area (Å²) >= 11 is 24.7. The Morgan fingerprint density at radius 1 is 0.723 bits per heavy atom. The number of hydrogen-bond acceptors (Lipinski definition) is 9. The van der Waals surface area contributed by atoms with Gasteiger partial charge in [-0.05, 0) is 24.3 Å². The lowest BCUT2D eigenvalue weighted by atomic mass is 10.2. The number of halogens is 5. The lowest BCUT2D eigenvalue weighted by Gasteiger charge is -2.10. The van der Waals surface area contributed by atoms with Crippen LogP contribution in [0.4, 0.5) is 0 Å². The molecule has 3 N–H and O–H groups in total. The van der Waals surface area contributed by atoms with Crippen molar-refractivity contribution in [3.63, 3.8) is 0 Å². The van der Waals surface area contributed by atoms with Crippen molar-refractivity contribution >= 4 is 98.5 Å². The van der Waals surface area contributed by atoms with Crippen LogP contribution in [0.2, 0.25) is 20.1 Å². The monoisotopic (exact) mass is 778 g/mol. The maximum absolute atomic E-state index is 11.3. The number of sulfonamides is 1. The minimum atomic E-state index is -3.57. The molecule has 21 heteroatoms. The smallest absolute Gasteiger partial charge is 0.252 e. The summed E-state index contributed by atoms with van der Waals surface area (Å²) in [5.74, 6) is 0. The zero-order valence-corrected chi connectivity index (χ0v) is 29.6. The van der Waals surface area contributed by atoms with Gasteiger partial charge in [0.2, 0.25) is 9.05 Å². The van der Waals surface area contributed by atoms with Gasteiger partial charge in [-0.15, -0.1) is 4.40 Å². The van der Waals surface area contributed by atoms with Crippen LogP contribution in [-0.2, 0) is 32.2 Å². The summed E-state index contributed by atoms with van der Waals surface area (Å²) in [6.45, 7) is 0.791. The van der Waals surface area contributed by atoms with Crippen molar-refractivity contribution in [3.8, 4) is 0 Å². The second-order valence-electron chi connectivity index (χ2n) is 9.53. The second kappa shape index (κ2) is 15.1. The molecule has 0 fully saturated rings. The van der Waals surface area contributed by atoms with E-state index in [-0.39, 0.29) is 11.0 Å². The third kappa shape index (κ3) is 9.99. The van der Waals surface area contributed by atoms with Crippen LogP contribution in [0.15, 0.2) is 66.1 Å². The Hall–Kier alpha value is -3.51. The van der Waals surface area contributed by atoms with E-state index in [1.807, 2.05) is 0 Å². The number of aromatic amines is 2. The molecule has 2 aromatic carbocycles. The van der Waals surface area contributed by atoms with Crippen molar-refractivity contribution in [1.29, 1.82) is 5.41 Å². The van der Waals surface area contributed by atoms with Gasteiger partial charge in [0, 0.05) is 41.9 Å². The highest BCUT2D eigenvalue weighted by Gasteiger charge is 2.12. The first-order valence-corrected chi connectivity index (χ1v) is 18.9. The average molecular weight is 781 g/mol. The van der Waals surface area contributed by atoms with Crippen LogP contribution in [0.1, 0.15) is 11.1 Å². The molecule has 6 aromatic rings. The van der Waals surface area contributed by atoms with Gasteiger partial charge in [0.05, 0.1) is 50.9 Å². The van der Waals surface area contributed by atoms with Gasteiger partial charge < -0.3 is 19.1 Å². The predicted octanol–water partition coefficient (Wildman–Crippen LogP) is 4.75. The fraction of sp³-hybridized carbons (Fsp3) is 0.154. The van der Waals surface area contributed by atoms with Gasteiger partial charge >= 0.3 is 0 Å². The Kier molecular flexibility index (Phi) is 11.7. The first-order chi connectivity index (χ1) is 22.0. The molecule has 0 unspecified atom stereocenters. The highest BCUT2D eigenvalue weighted by Crippen LogP contribution is 2.26. The molecule has 0 spiro atoms. The third-order valence-corrected chi connectivity index (χ3v) is 7.84. The average Bonchev–Trinajstić information content (AvgIpc) is 3.66. The van der Waals surface area contributed by atoms with Crippen molar-refractivity contribution in [2.45, 2.75) is 13.1 Å². The first-order valence-electron chi connectivity index (χ1n) is 12.8. The highest BCUT2D eigenvalue weighted by molar-refractivity contribution is 8.13. The van der Waals surface area contributed by atoms with E-state index in [9.17, 15) is 16.8 Å². The maximum Gasteiger partial charge on any atom is 0.252 e. The zero-order chi connectivity index (χ0) is 34.5. The van der Waals surface area contributed by atoms with Crippen molar-refractivity contribution < 1.29 is 16.8 Å². The first kappa shape index (κ1) is 36.3. The quantitative estimate of drug-likeness (QED) is 0.208. The minimum absolute atomic E-state index is 0.0569. The Morgan fingerprint density at radius 3 is 1.57 bits per heavy atom. The summed E-state index contributed by atoms with van der Waals surface area (Å²) in [6.07, 6.45) is 7.92. The number of benzene rings is 2. The summed E-state index contributed by atoms with van der Waals surface area (Å²) < 4.78 is 48.6. The van der Waals surface area contributed by atoms with Crippen LogP contribution >= 0.6 is 57.1 Å². The molecular formula is C26H23Cl5N10O4S2. The lowest BCUT2D eigenvalue weighted by Crippen LogP contribution is -2.16. The number of H-pyrrole nitrogens is 2. The summed E-state index contributed by atoms with van der Waals surface area (Å²) in [5.41, 5.74) is 3.90. The fourth-order valence-corrected chi connectivity index (χ4v) is 5.49. The fourth-order valence-electron chi connectivity index (χ4n) is 4.00. The number of aromatic nitrogens is 8. The Labute approximate surface area is 292 Å². The van der Waals surface area contributed by atoms with E-state index in [4.69, 9.17) is 51.8 Å². The number of fused-ring (bicyclic) bond motifs is 2. The molecular weight excluding hydrogens is 758 g/mol. The molecule has 0 aliphatic carbocycles. The molecule has 0 atom stereocenters. The van der Waals surface area contributed by atoms with Gasteiger partial charge in [0.15, 0.2) is 22.3 Å². The molecule has 0 aliphatic heterocycles. The van der Waals surface area contributed by atoms with Gasteiger partial charge in [0.25, 0.3) is 10.0 Å². The van der Waals surface area contributed by atoms with Crippen LogP contribution in [-0.4, -0.2) is 68.4 Å². The summed E-state index contributed by atoms with van der Waals surface area (Å²) in [6, 6.07) is 10.6. The minimum Gasteiger partial charge on any atom is -0.340 e. The zero-order valence-electron chi connectivity index (χ0n) is 24.2. The summed E-state index contributed by atoms with van der Waals surface area (Å²) in [4.78, 5) is 22.2. The van der Waals surface area contributed by atoms with Crippen LogP contribution in [0.25, 0.3) is 22.3 Å². The van der Waals surface area contributed by atoms with E-state index < -0.39 is 19.1 Å². The lowest BCUT2D eigenvalue weighted by molar-refractivity contribution is 0.602. The van der Waals surface area contributed by atoms with Gasteiger partial charge in [-0.3, -0.25) is 5.41 Å². The van der Waals surface area contributed by atoms with Crippen molar-refractivity contribution in [2.75, 3.05) is 12.5 Å². The Balaban J connectivity index is 0.000000189. The number of rotatable bonds is 5. The normalized spacial score (nSPS) is 12.0. The highest BCUT2D eigenvalue weighted by atomic mass is 35.7. The number of nitrogens with zero attached hydrogens (tertiary/aromatic N) is 7. The van der Waals surface area contributed by atoms with Gasteiger partial charge in [-0.25, -0.2) is 36.8 Å². The Morgan fingerprint density at radius 2 is 1.13 bits per heavy atom. The molecule has 0 radical (unpaired) electrons. The van der Waals surface area contributed by atoms with Crippen LogP contribution in [0.3, 0.4) is 0 Å². The molecule has 4 aromatic heterocycles. The summed E-state index contributed by atoms with van der Waals surface area (Å²) in [5, 5.41) is 9.94. The third-order valence-electron chi connectivity index (χ3n) is 5.92. The van der Waals surface area contributed by atoms with Gasteiger partial charge in [-0.2, -0.15) is 0 Å². The van der Waals surface area contributed by atoms with E-state index in [1.165, 1.54) is 19.0 Å². The molecule has 14 nitrogen and oxygen atoms in total. The van der Waals surface area contributed by atoms with E-state index in [1.54, 1.807) is 51.9 Å². The van der Waals surface area contributed by atoms with Gasteiger partial charge in [0.1, 0.15) is 11.0 Å². The Bertz CT molecular complexity index is 2380. The molecule has 248 valence electrons. The molecule has 4 heterocycles. The largest absolute Gasteiger partial charge is 0.340 e. The van der Waals surface area contributed by atoms with E-state index in [0.29, 0.717) is 55.5 Å².